The topological polar surface area (TPSA) is 49.2 Å². The lowest BCUT2D eigenvalue weighted by molar-refractivity contribution is 0.301. The van der Waals surface area contributed by atoms with Gasteiger partial charge in [-0.15, -0.1) is 0 Å². The first-order valence-electron chi connectivity index (χ1n) is 4.94. The summed E-state index contributed by atoms with van der Waals surface area (Å²) in [5.74, 6) is 0.810. The molecule has 0 unspecified atom stereocenters. The van der Waals surface area contributed by atoms with Gasteiger partial charge in [0.1, 0.15) is 5.82 Å². The number of aliphatic hydroxyl groups is 1. The predicted octanol–water partition coefficient (Wildman–Crippen LogP) is 1.45. The van der Waals surface area contributed by atoms with E-state index < -0.39 is 0 Å². The molecule has 0 saturated carbocycles. The number of hydrogen-bond acceptors (Lipinski definition) is 5. The molecule has 5 heteroatoms. The van der Waals surface area contributed by atoms with E-state index in [4.69, 9.17) is 5.11 Å². The molecule has 0 amide bonds. The Labute approximate surface area is 88.8 Å². The molecule has 14 heavy (non-hydrogen) atoms. The standard InChI is InChI=1S/C9H17N3OS/c1-3-4-5-12(6-7-13)9-10-8(2)11-14-9/h13H,3-7H2,1-2H3. The maximum atomic E-state index is 8.92. The number of hydrogen-bond donors (Lipinski definition) is 1. The van der Waals surface area contributed by atoms with Gasteiger partial charge in [-0.1, -0.05) is 13.3 Å². The Morgan fingerprint density at radius 3 is 2.71 bits per heavy atom. The van der Waals surface area contributed by atoms with Crippen LogP contribution in [0.3, 0.4) is 0 Å². The Morgan fingerprint density at radius 2 is 2.21 bits per heavy atom. The van der Waals surface area contributed by atoms with Crippen LogP contribution >= 0.6 is 11.5 Å². The minimum atomic E-state index is 0.169. The lowest BCUT2D eigenvalue weighted by atomic mass is 10.3. The zero-order chi connectivity index (χ0) is 10.4. The summed E-state index contributed by atoms with van der Waals surface area (Å²) in [6.07, 6.45) is 2.28. The lowest BCUT2D eigenvalue weighted by Gasteiger charge is -2.19. The van der Waals surface area contributed by atoms with Gasteiger partial charge in [0.05, 0.1) is 6.61 Å². The fourth-order valence-electron chi connectivity index (χ4n) is 1.19. The molecule has 0 fully saturated rings. The molecule has 0 spiro atoms. The third-order valence-electron chi connectivity index (χ3n) is 1.94. The first-order chi connectivity index (χ1) is 6.77. The molecule has 1 aromatic rings. The molecule has 80 valence electrons. The van der Waals surface area contributed by atoms with E-state index in [0.717, 1.165) is 30.3 Å². The van der Waals surface area contributed by atoms with Gasteiger partial charge in [-0.25, -0.2) is 4.98 Å². The summed E-state index contributed by atoms with van der Waals surface area (Å²) < 4.78 is 4.14. The van der Waals surface area contributed by atoms with E-state index in [0.29, 0.717) is 6.54 Å². The van der Waals surface area contributed by atoms with Crippen LogP contribution < -0.4 is 4.90 Å². The van der Waals surface area contributed by atoms with Crippen molar-refractivity contribution in [1.82, 2.24) is 9.36 Å². The number of anilines is 1. The van der Waals surface area contributed by atoms with Crippen molar-refractivity contribution in [2.75, 3.05) is 24.6 Å². The highest BCUT2D eigenvalue weighted by Gasteiger charge is 2.09. The van der Waals surface area contributed by atoms with Crippen LogP contribution in [0.15, 0.2) is 0 Å². The van der Waals surface area contributed by atoms with Gasteiger partial charge >= 0.3 is 0 Å². The van der Waals surface area contributed by atoms with E-state index in [1.54, 1.807) is 0 Å². The van der Waals surface area contributed by atoms with Gasteiger partial charge < -0.3 is 10.0 Å². The summed E-state index contributed by atoms with van der Waals surface area (Å²) >= 11 is 1.40. The number of aryl methyl sites for hydroxylation is 1. The molecule has 1 rings (SSSR count). The normalized spacial score (nSPS) is 10.5. The van der Waals surface area contributed by atoms with Gasteiger partial charge in [-0.05, 0) is 13.3 Å². The van der Waals surface area contributed by atoms with E-state index in [1.165, 1.54) is 11.5 Å². The number of rotatable bonds is 6. The average molecular weight is 215 g/mol. The first kappa shape index (κ1) is 11.4. The highest BCUT2D eigenvalue weighted by molar-refractivity contribution is 7.09. The summed E-state index contributed by atoms with van der Waals surface area (Å²) in [7, 11) is 0. The van der Waals surface area contributed by atoms with Crippen LogP contribution in [0.2, 0.25) is 0 Å². The van der Waals surface area contributed by atoms with Crippen LogP contribution in [0, 0.1) is 6.92 Å². The lowest BCUT2D eigenvalue weighted by Crippen LogP contribution is -2.27. The third kappa shape index (κ3) is 3.23. The quantitative estimate of drug-likeness (QED) is 0.780. The third-order valence-corrected chi connectivity index (χ3v) is 2.81. The largest absolute Gasteiger partial charge is 0.395 e. The smallest absolute Gasteiger partial charge is 0.205 e. The molecule has 1 heterocycles. The summed E-state index contributed by atoms with van der Waals surface area (Å²) in [4.78, 5) is 6.40. The maximum Gasteiger partial charge on any atom is 0.205 e. The summed E-state index contributed by atoms with van der Waals surface area (Å²) in [6, 6.07) is 0. The predicted molar refractivity (Wildman–Crippen MR) is 58.9 cm³/mol. The molecule has 1 N–H and O–H groups in total. The Morgan fingerprint density at radius 1 is 1.43 bits per heavy atom. The van der Waals surface area contributed by atoms with Crippen LogP contribution in [0.1, 0.15) is 25.6 Å². The highest BCUT2D eigenvalue weighted by Crippen LogP contribution is 2.16. The second-order valence-electron chi connectivity index (χ2n) is 3.19. The van der Waals surface area contributed by atoms with Crippen molar-refractivity contribution >= 4 is 16.7 Å². The number of nitrogens with zero attached hydrogens (tertiary/aromatic N) is 3. The maximum absolute atomic E-state index is 8.92. The van der Waals surface area contributed by atoms with Gasteiger partial charge in [0.2, 0.25) is 5.13 Å². The van der Waals surface area contributed by atoms with Crippen molar-refractivity contribution in [3.63, 3.8) is 0 Å². The molecule has 4 nitrogen and oxygen atoms in total. The zero-order valence-corrected chi connectivity index (χ0v) is 9.55. The molecule has 0 aliphatic rings. The average Bonchev–Trinajstić information content (AvgIpc) is 2.59. The Hall–Kier alpha value is -0.680. The molecule has 0 aliphatic carbocycles. The minimum absolute atomic E-state index is 0.169. The number of aromatic nitrogens is 2. The van der Waals surface area contributed by atoms with Crippen LogP contribution in [0.25, 0.3) is 0 Å². The SMILES string of the molecule is CCCCN(CCO)c1nc(C)ns1. The van der Waals surface area contributed by atoms with E-state index >= 15 is 0 Å². The fourth-order valence-corrected chi connectivity index (χ4v) is 1.91. The summed E-state index contributed by atoms with van der Waals surface area (Å²) in [5.41, 5.74) is 0. The van der Waals surface area contributed by atoms with Crippen LogP contribution in [0.4, 0.5) is 5.13 Å². The highest BCUT2D eigenvalue weighted by atomic mass is 32.1. The molecule has 0 atom stereocenters. The Bertz CT molecular complexity index is 264. The molecule has 0 aromatic carbocycles. The fraction of sp³-hybridized carbons (Fsp3) is 0.778. The Kier molecular flexibility index (Phi) is 4.82. The monoisotopic (exact) mass is 215 g/mol. The van der Waals surface area contributed by atoms with Gasteiger partial charge in [0.25, 0.3) is 0 Å². The Balaban J connectivity index is 2.57. The van der Waals surface area contributed by atoms with E-state index in [-0.39, 0.29) is 6.61 Å². The molecular formula is C9H17N3OS. The van der Waals surface area contributed by atoms with E-state index in [1.807, 2.05) is 6.92 Å². The first-order valence-corrected chi connectivity index (χ1v) is 5.71. The summed E-state index contributed by atoms with van der Waals surface area (Å²) in [5, 5.41) is 9.84. The molecule has 0 saturated heterocycles. The second kappa shape index (κ2) is 5.93. The van der Waals surface area contributed by atoms with Crippen LogP contribution in [0.5, 0.6) is 0 Å². The van der Waals surface area contributed by atoms with Gasteiger partial charge in [-0.3, -0.25) is 0 Å². The minimum Gasteiger partial charge on any atom is -0.395 e. The van der Waals surface area contributed by atoms with E-state index in [9.17, 15) is 0 Å². The summed E-state index contributed by atoms with van der Waals surface area (Å²) in [6.45, 7) is 5.81. The zero-order valence-electron chi connectivity index (χ0n) is 8.73. The number of unbranched alkanes of at least 4 members (excludes halogenated alkanes) is 1. The van der Waals surface area contributed by atoms with Crippen molar-refractivity contribution in [2.24, 2.45) is 0 Å². The van der Waals surface area contributed by atoms with Crippen LogP contribution in [-0.4, -0.2) is 34.2 Å². The van der Waals surface area contributed by atoms with E-state index in [2.05, 4.69) is 21.2 Å². The van der Waals surface area contributed by atoms with Crippen molar-refractivity contribution in [1.29, 1.82) is 0 Å². The molecule has 0 radical (unpaired) electrons. The molecule has 1 aromatic heterocycles. The number of aliphatic hydroxyl groups excluding tert-OH is 1. The van der Waals surface area contributed by atoms with Gasteiger partial charge in [-0.2, -0.15) is 4.37 Å². The van der Waals surface area contributed by atoms with Crippen molar-refractivity contribution < 1.29 is 5.11 Å². The van der Waals surface area contributed by atoms with Crippen molar-refractivity contribution in [3.05, 3.63) is 5.82 Å². The van der Waals surface area contributed by atoms with Crippen molar-refractivity contribution in [3.8, 4) is 0 Å². The van der Waals surface area contributed by atoms with Crippen molar-refractivity contribution in [2.45, 2.75) is 26.7 Å². The molecule has 0 bridgehead atoms. The molecule has 0 aliphatic heterocycles. The van der Waals surface area contributed by atoms with Gasteiger partial charge in [0, 0.05) is 24.6 Å². The second-order valence-corrected chi connectivity index (χ2v) is 3.92. The molecular weight excluding hydrogens is 198 g/mol. The van der Waals surface area contributed by atoms with Gasteiger partial charge in [0.15, 0.2) is 0 Å². The van der Waals surface area contributed by atoms with Crippen LogP contribution in [-0.2, 0) is 0 Å².